The summed E-state index contributed by atoms with van der Waals surface area (Å²) in [5.74, 6) is -0.872. The van der Waals surface area contributed by atoms with Crippen molar-refractivity contribution in [1.29, 1.82) is 0 Å². The Bertz CT molecular complexity index is 848. The Labute approximate surface area is 146 Å². The predicted octanol–water partition coefficient (Wildman–Crippen LogP) is 3.77. The molecule has 2 heterocycles. The summed E-state index contributed by atoms with van der Waals surface area (Å²) in [4.78, 5) is 15.6. The third-order valence-electron chi connectivity index (χ3n) is 2.59. The Hall–Kier alpha value is -2.16. The lowest BCUT2D eigenvalue weighted by Gasteiger charge is -2.18. The van der Waals surface area contributed by atoms with E-state index in [0.29, 0.717) is 6.92 Å². The van der Waals surface area contributed by atoms with Gasteiger partial charge in [-0.15, -0.1) is 0 Å². The minimum absolute atomic E-state index is 0.0804. The number of rotatable bonds is 5. The third kappa shape index (κ3) is 4.92. The quantitative estimate of drug-likeness (QED) is 0.787. The minimum Gasteiger partial charge on any atom is -0.352 e. The van der Waals surface area contributed by atoms with E-state index in [2.05, 4.69) is 25.3 Å². The molecule has 0 fully saturated rings. The van der Waals surface area contributed by atoms with Gasteiger partial charge < -0.3 is 10.6 Å². The van der Waals surface area contributed by atoms with E-state index < -0.39 is 18.1 Å². The van der Waals surface area contributed by atoms with Gasteiger partial charge in [-0.05, 0) is 32.9 Å². The van der Waals surface area contributed by atoms with E-state index in [1.165, 1.54) is 0 Å². The molecule has 0 saturated carbocycles. The highest BCUT2D eigenvalue weighted by Gasteiger charge is 2.36. The molecule has 0 aliphatic rings. The van der Waals surface area contributed by atoms with Crippen LogP contribution in [0.3, 0.4) is 0 Å². The van der Waals surface area contributed by atoms with Crippen LogP contribution in [0.5, 0.6) is 0 Å². The maximum atomic E-state index is 13.0. The molecule has 2 aromatic heterocycles. The van der Waals surface area contributed by atoms with E-state index in [9.17, 15) is 13.2 Å². The van der Waals surface area contributed by atoms with Gasteiger partial charge in [0.15, 0.2) is 5.82 Å². The van der Waals surface area contributed by atoms with Crippen LogP contribution >= 0.6 is 11.6 Å². The van der Waals surface area contributed by atoms with Crippen molar-refractivity contribution >= 4 is 23.5 Å². The second kappa shape index (κ2) is 7.16. The van der Waals surface area contributed by atoms with Crippen LogP contribution in [0, 0.1) is 0 Å². The van der Waals surface area contributed by atoms with Crippen molar-refractivity contribution in [1.82, 2.24) is 19.9 Å². The van der Waals surface area contributed by atoms with Crippen LogP contribution in [-0.2, 0) is 0 Å². The first kappa shape index (κ1) is 14.2. The van der Waals surface area contributed by atoms with E-state index in [-0.39, 0.29) is 40.7 Å². The molecule has 0 radical (unpaired) electrons. The zero-order valence-electron chi connectivity index (χ0n) is 16.0. The smallest absolute Gasteiger partial charge is 0.352 e. The Morgan fingerprint density at radius 2 is 1.75 bits per heavy atom. The molecule has 0 amide bonds. The van der Waals surface area contributed by atoms with E-state index in [1.807, 2.05) is 5.32 Å². The third-order valence-corrected chi connectivity index (χ3v) is 2.78. The molecule has 130 valence electrons. The zero-order valence-corrected chi connectivity index (χ0v) is 13.7. The summed E-state index contributed by atoms with van der Waals surface area (Å²) in [5.41, 5.74) is -0.191. The lowest BCUT2D eigenvalue weighted by atomic mass is 10.3. The number of hydrogen-bond donors (Lipinski definition) is 2. The molecular formula is C14H16ClF3N6. The summed E-state index contributed by atoms with van der Waals surface area (Å²) in [7, 11) is 0. The van der Waals surface area contributed by atoms with Crippen molar-refractivity contribution in [3.63, 3.8) is 0 Å². The molecule has 2 rings (SSSR count). The zero-order chi connectivity index (χ0) is 20.6. The van der Waals surface area contributed by atoms with E-state index >= 15 is 0 Å². The molecule has 24 heavy (non-hydrogen) atoms. The first-order valence-corrected chi connectivity index (χ1v) is 7.19. The summed E-state index contributed by atoms with van der Waals surface area (Å²) in [5, 5.41) is 4.62. The van der Waals surface area contributed by atoms with Gasteiger partial charge in [0.1, 0.15) is 16.9 Å². The van der Waals surface area contributed by atoms with Gasteiger partial charge in [0.05, 0.1) is 4.11 Å². The van der Waals surface area contributed by atoms with Crippen molar-refractivity contribution in [3.8, 4) is 11.5 Å². The molecule has 0 unspecified atom stereocenters. The Kier molecular flexibility index (Phi) is 4.24. The Morgan fingerprint density at radius 3 is 2.33 bits per heavy atom. The van der Waals surface area contributed by atoms with Crippen molar-refractivity contribution in [2.45, 2.75) is 39.0 Å². The van der Waals surface area contributed by atoms with Gasteiger partial charge in [-0.3, -0.25) is 0 Å². The van der Waals surface area contributed by atoms with Gasteiger partial charge in [0.25, 0.3) is 0 Å². The molecule has 0 aromatic carbocycles. The molecule has 0 aliphatic carbocycles. The molecule has 0 spiro atoms. The Balaban J connectivity index is 2.59. The van der Waals surface area contributed by atoms with Crippen LogP contribution in [0.15, 0.2) is 18.2 Å². The van der Waals surface area contributed by atoms with Gasteiger partial charge in [-0.2, -0.15) is 28.1 Å². The van der Waals surface area contributed by atoms with Gasteiger partial charge in [-0.25, -0.2) is 4.98 Å². The van der Waals surface area contributed by atoms with Crippen molar-refractivity contribution in [2.75, 3.05) is 10.6 Å². The number of nitrogens with one attached hydrogen (secondary N) is 2. The summed E-state index contributed by atoms with van der Waals surface area (Å²) in [6.07, 6.45) is -4.89. The number of anilines is 2. The van der Waals surface area contributed by atoms with Crippen LogP contribution < -0.4 is 10.6 Å². The minimum atomic E-state index is -4.89. The number of nitrogens with zero attached hydrogens (tertiary/aromatic N) is 4. The highest BCUT2D eigenvalue weighted by molar-refractivity contribution is 6.29. The number of pyridine rings is 1. The summed E-state index contributed by atoms with van der Waals surface area (Å²) in [6.45, 7) is 4.13. The van der Waals surface area contributed by atoms with E-state index in [4.69, 9.17) is 15.7 Å². The van der Waals surface area contributed by atoms with E-state index in [1.54, 1.807) is 13.8 Å². The predicted molar refractivity (Wildman–Crippen MR) is 86.0 cm³/mol. The molecule has 0 aliphatic heterocycles. The molecule has 2 aromatic rings. The summed E-state index contributed by atoms with van der Waals surface area (Å²) < 4.78 is 62.1. The lowest BCUT2D eigenvalue weighted by molar-refractivity contribution is -0.138. The number of aromatic nitrogens is 4. The van der Waals surface area contributed by atoms with Gasteiger partial charge in [0, 0.05) is 6.04 Å². The fourth-order valence-electron chi connectivity index (χ4n) is 1.54. The summed E-state index contributed by atoms with van der Waals surface area (Å²) in [6, 6.07) is -2.68. The van der Waals surface area contributed by atoms with Crippen molar-refractivity contribution in [2.24, 2.45) is 0 Å². The highest BCUT2D eigenvalue weighted by atomic mass is 35.5. The van der Waals surface area contributed by atoms with Gasteiger partial charge in [-0.1, -0.05) is 17.6 Å². The van der Waals surface area contributed by atoms with Crippen LogP contribution in [0.4, 0.5) is 25.1 Å². The fourth-order valence-corrected chi connectivity index (χ4v) is 1.68. The van der Waals surface area contributed by atoms with Crippen LogP contribution in [0.1, 0.15) is 24.9 Å². The standard InChI is InChI=1S/C14H16ClF3N6/c1-7(2)19-12-22-11(9-5-4-6-10(15)21-9)23-13(24-12)20-8(3)14(16,17)18/h4-8H,1-3H3,(H2,19,20,22,23,24)/t8-/m1/s1/i4D,5D,8D. The van der Waals surface area contributed by atoms with Crippen LogP contribution in [0.25, 0.3) is 11.5 Å². The molecule has 10 heteroatoms. The largest absolute Gasteiger partial charge is 0.408 e. The Morgan fingerprint density at radius 1 is 1.12 bits per heavy atom. The normalized spacial score (nSPS) is 16.1. The molecular weight excluding hydrogens is 345 g/mol. The molecule has 1 atom stereocenters. The number of hydrogen-bond acceptors (Lipinski definition) is 6. The van der Waals surface area contributed by atoms with Crippen LogP contribution in [-0.4, -0.2) is 38.2 Å². The molecule has 0 saturated heterocycles. The highest BCUT2D eigenvalue weighted by Crippen LogP contribution is 2.24. The average molecular weight is 364 g/mol. The average Bonchev–Trinajstić information content (AvgIpc) is 2.48. The number of halogens is 4. The maximum absolute atomic E-state index is 13.0. The fraction of sp³-hybridized carbons (Fsp3) is 0.429. The second-order valence-electron chi connectivity index (χ2n) is 5.05. The second-order valence-corrected chi connectivity index (χ2v) is 5.44. The van der Waals surface area contributed by atoms with Crippen LogP contribution in [0.2, 0.25) is 5.15 Å². The van der Waals surface area contributed by atoms with Gasteiger partial charge in [0.2, 0.25) is 11.9 Å². The first-order valence-electron chi connectivity index (χ1n) is 8.32. The van der Waals surface area contributed by atoms with E-state index in [0.717, 1.165) is 6.07 Å². The van der Waals surface area contributed by atoms with Gasteiger partial charge >= 0.3 is 6.18 Å². The number of alkyl halides is 3. The lowest BCUT2D eigenvalue weighted by Crippen LogP contribution is -2.34. The topological polar surface area (TPSA) is 75.6 Å². The maximum Gasteiger partial charge on any atom is 0.408 e. The molecule has 0 bridgehead atoms. The van der Waals surface area contributed by atoms with Crippen molar-refractivity contribution in [3.05, 3.63) is 23.3 Å². The monoisotopic (exact) mass is 363 g/mol. The molecule has 2 N–H and O–H groups in total. The summed E-state index contributed by atoms with van der Waals surface area (Å²) >= 11 is 5.81. The first-order chi connectivity index (χ1) is 12.3. The van der Waals surface area contributed by atoms with Crippen molar-refractivity contribution < 1.29 is 17.3 Å². The SMILES string of the molecule is [2H]c1cc(Cl)nc(-c2nc(NC(C)C)nc(N[C@]([2H])(C)C(F)(F)F)n2)c1[2H]. The molecule has 6 nitrogen and oxygen atoms in total.